The number of aliphatic hydroxyl groups excluding tert-OH is 1. The maximum absolute atomic E-state index is 10.6. The molecular formula is C10H12N4NaO4S2. The summed E-state index contributed by atoms with van der Waals surface area (Å²) < 4.78 is 31.4. The van der Waals surface area contributed by atoms with Crippen LogP contribution in [-0.2, 0) is 10.1 Å². The van der Waals surface area contributed by atoms with Crippen LogP contribution >= 0.6 is 11.8 Å². The van der Waals surface area contributed by atoms with Crippen LogP contribution < -0.4 is 0 Å². The topological polar surface area (TPSA) is 118 Å². The fourth-order valence-corrected chi connectivity index (χ4v) is 3.03. The summed E-state index contributed by atoms with van der Waals surface area (Å²) in [6.45, 7) is 0. The van der Waals surface area contributed by atoms with Crippen molar-refractivity contribution in [3.05, 3.63) is 30.3 Å². The SMILES string of the molecule is O=S(=O)(O)CC(O)CSc1nnnn1-c1ccccc1.[Na]. The van der Waals surface area contributed by atoms with E-state index in [9.17, 15) is 13.5 Å². The van der Waals surface area contributed by atoms with Gasteiger partial charge >= 0.3 is 0 Å². The number of rotatable bonds is 6. The zero-order chi connectivity index (χ0) is 14.6. The molecule has 0 spiro atoms. The van der Waals surface area contributed by atoms with Crippen molar-refractivity contribution < 1.29 is 18.1 Å². The molecule has 1 aromatic carbocycles. The van der Waals surface area contributed by atoms with Crippen LogP contribution in [0.25, 0.3) is 5.69 Å². The smallest absolute Gasteiger partial charge is 0.267 e. The number of aliphatic hydroxyl groups is 1. The van der Waals surface area contributed by atoms with Gasteiger partial charge in [-0.3, -0.25) is 4.55 Å². The molecule has 1 unspecified atom stereocenters. The van der Waals surface area contributed by atoms with Gasteiger partial charge in [0.1, 0.15) is 5.75 Å². The molecule has 0 aliphatic carbocycles. The Morgan fingerprint density at radius 3 is 2.57 bits per heavy atom. The molecule has 0 aliphatic heterocycles. The normalized spacial score (nSPS) is 12.7. The predicted molar refractivity (Wildman–Crippen MR) is 78.1 cm³/mol. The third-order valence-electron chi connectivity index (χ3n) is 2.25. The summed E-state index contributed by atoms with van der Waals surface area (Å²) in [6, 6.07) is 9.15. The van der Waals surface area contributed by atoms with Crippen LogP contribution in [-0.4, -0.2) is 85.5 Å². The Hall–Kier alpha value is -0.490. The van der Waals surface area contributed by atoms with Crippen LogP contribution in [0.4, 0.5) is 0 Å². The van der Waals surface area contributed by atoms with Gasteiger partial charge in [0.2, 0.25) is 5.16 Å². The molecule has 0 saturated heterocycles. The van der Waals surface area contributed by atoms with Crippen molar-refractivity contribution >= 4 is 51.4 Å². The van der Waals surface area contributed by atoms with Crippen molar-refractivity contribution in [2.45, 2.75) is 11.3 Å². The van der Waals surface area contributed by atoms with E-state index >= 15 is 0 Å². The summed E-state index contributed by atoms with van der Waals surface area (Å²) >= 11 is 1.10. The molecule has 0 fully saturated rings. The quantitative estimate of drug-likeness (QED) is 0.415. The van der Waals surface area contributed by atoms with E-state index < -0.39 is 22.0 Å². The van der Waals surface area contributed by atoms with Gasteiger partial charge in [0, 0.05) is 35.3 Å². The van der Waals surface area contributed by atoms with Crippen molar-refractivity contribution in [3.63, 3.8) is 0 Å². The fraction of sp³-hybridized carbons (Fsp3) is 0.300. The van der Waals surface area contributed by atoms with Crippen molar-refractivity contribution in [2.24, 2.45) is 0 Å². The second kappa shape index (κ2) is 8.22. The molecule has 1 aromatic heterocycles. The van der Waals surface area contributed by atoms with E-state index in [4.69, 9.17) is 4.55 Å². The van der Waals surface area contributed by atoms with E-state index in [0.717, 1.165) is 17.4 Å². The zero-order valence-corrected chi connectivity index (χ0v) is 14.8. The molecule has 1 radical (unpaired) electrons. The minimum Gasteiger partial charge on any atom is -0.391 e. The molecule has 21 heavy (non-hydrogen) atoms. The van der Waals surface area contributed by atoms with Gasteiger partial charge < -0.3 is 5.11 Å². The van der Waals surface area contributed by atoms with Crippen molar-refractivity contribution in [1.29, 1.82) is 0 Å². The maximum Gasteiger partial charge on any atom is 0.267 e. The number of nitrogens with zero attached hydrogens (tertiary/aromatic N) is 4. The molecule has 0 saturated carbocycles. The Kier molecular flexibility index (Phi) is 7.27. The molecule has 2 N–H and O–H groups in total. The summed E-state index contributed by atoms with van der Waals surface area (Å²) in [5, 5.41) is 21.1. The molecule has 1 atom stereocenters. The Morgan fingerprint density at radius 2 is 1.95 bits per heavy atom. The first-order valence-corrected chi connectivity index (χ1v) is 8.15. The number of aromatic nitrogens is 4. The van der Waals surface area contributed by atoms with Gasteiger partial charge in [0.25, 0.3) is 10.1 Å². The van der Waals surface area contributed by atoms with Gasteiger partial charge in [-0.2, -0.15) is 13.1 Å². The van der Waals surface area contributed by atoms with Crippen LogP contribution in [0.3, 0.4) is 0 Å². The van der Waals surface area contributed by atoms with E-state index in [1.54, 1.807) is 0 Å². The minimum absolute atomic E-state index is 0. The number of hydrogen-bond acceptors (Lipinski definition) is 7. The van der Waals surface area contributed by atoms with E-state index in [-0.39, 0.29) is 35.3 Å². The third kappa shape index (κ3) is 6.02. The van der Waals surface area contributed by atoms with Crippen molar-refractivity contribution in [2.75, 3.05) is 11.5 Å². The standard InChI is InChI=1S/C10H12N4O4S2.Na/c15-9(7-20(16,17)18)6-19-10-11-12-13-14(10)8-4-2-1-3-5-8;/h1-5,9,15H,6-7H2,(H,16,17,18);. The Morgan fingerprint density at radius 1 is 1.29 bits per heavy atom. The average molecular weight is 339 g/mol. The molecule has 0 amide bonds. The molecule has 1 heterocycles. The third-order valence-corrected chi connectivity index (χ3v) is 4.12. The first-order valence-electron chi connectivity index (χ1n) is 5.55. The molecular weight excluding hydrogens is 327 g/mol. The summed E-state index contributed by atoms with van der Waals surface area (Å²) in [5.41, 5.74) is 0.754. The fourth-order valence-electron chi connectivity index (χ4n) is 1.46. The second-order valence-electron chi connectivity index (χ2n) is 3.92. The van der Waals surface area contributed by atoms with Gasteiger partial charge in [-0.15, -0.1) is 5.10 Å². The minimum atomic E-state index is -4.20. The first-order chi connectivity index (χ1) is 9.46. The summed E-state index contributed by atoms with van der Waals surface area (Å²) in [6.07, 6.45) is -1.20. The predicted octanol–water partition coefficient (Wildman–Crippen LogP) is -0.378. The number of para-hydroxylation sites is 1. The number of tetrazole rings is 1. The molecule has 8 nitrogen and oxygen atoms in total. The van der Waals surface area contributed by atoms with Crippen molar-refractivity contribution in [3.8, 4) is 5.69 Å². The van der Waals surface area contributed by atoms with E-state index in [1.807, 2.05) is 30.3 Å². The number of thioether (sulfide) groups is 1. The zero-order valence-electron chi connectivity index (χ0n) is 11.2. The Balaban J connectivity index is 0.00000220. The van der Waals surface area contributed by atoms with Gasteiger partial charge in [-0.05, 0) is 22.6 Å². The molecule has 0 bridgehead atoms. The van der Waals surface area contributed by atoms with Gasteiger partial charge in [0.15, 0.2) is 0 Å². The maximum atomic E-state index is 10.6. The molecule has 2 rings (SSSR count). The summed E-state index contributed by atoms with van der Waals surface area (Å²) in [7, 11) is -4.20. The van der Waals surface area contributed by atoms with Crippen LogP contribution in [0.15, 0.2) is 35.5 Å². The van der Waals surface area contributed by atoms with Gasteiger partial charge in [-0.25, -0.2) is 0 Å². The molecule has 11 heteroatoms. The Labute approximate surface area is 148 Å². The summed E-state index contributed by atoms with van der Waals surface area (Å²) in [4.78, 5) is 0. The Bertz CT molecular complexity index is 665. The number of benzene rings is 1. The van der Waals surface area contributed by atoms with Crippen LogP contribution in [0.5, 0.6) is 0 Å². The number of hydrogen-bond donors (Lipinski definition) is 2. The average Bonchev–Trinajstić information content (AvgIpc) is 2.83. The first kappa shape index (κ1) is 18.6. The van der Waals surface area contributed by atoms with E-state index in [0.29, 0.717) is 5.16 Å². The van der Waals surface area contributed by atoms with Crippen molar-refractivity contribution in [1.82, 2.24) is 20.2 Å². The molecule has 2 aromatic rings. The monoisotopic (exact) mass is 339 g/mol. The largest absolute Gasteiger partial charge is 0.391 e. The van der Waals surface area contributed by atoms with Gasteiger partial charge in [-0.1, -0.05) is 30.0 Å². The summed E-state index contributed by atoms with van der Waals surface area (Å²) in [5.74, 6) is -0.667. The van der Waals surface area contributed by atoms with Crippen LogP contribution in [0.1, 0.15) is 0 Å². The van der Waals surface area contributed by atoms with E-state index in [2.05, 4.69) is 15.5 Å². The van der Waals surface area contributed by atoms with Crippen LogP contribution in [0, 0.1) is 0 Å². The molecule has 109 valence electrons. The second-order valence-corrected chi connectivity index (χ2v) is 6.41. The van der Waals surface area contributed by atoms with Crippen LogP contribution in [0.2, 0.25) is 0 Å². The van der Waals surface area contributed by atoms with Gasteiger partial charge in [0.05, 0.1) is 11.8 Å². The molecule has 0 aliphatic rings. The van der Waals surface area contributed by atoms with E-state index in [1.165, 1.54) is 4.68 Å².